The van der Waals surface area contributed by atoms with Gasteiger partial charge >= 0.3 is 5.97 Å². The molecule has 3 rings (SSSR count). The summed E-state index contributed by atoms with van der Waals surface area (Å²) < 4.78 is 24.7. The second kappa shape index (κ2) is 11.0. The third-order valence-electron chi connectivity index (χ3n) is 4.77. The lowest BCUT2D eigenvalue weighted by Gasteiger charge is -2.16. The summed E-state index contributed by atoms with van der Waals surface area (Å²) in [6.07, 6.45) is 0. The van der Waals surface area contributed by atoms with Gasteiger partial charge in [-0.1, -0.05) is 11.3 Å². The standard InChI is InChI=1S/C24H28N2O6S/c1-6-26-17-11-10-15(23(28)29-5)14-20(17)33-24(26)25-22(27)16-12-18(30-7-2)21(32-9-4)19(13-16)31-8-3/h10-14H,6-9H2,1-5H3. The summed E-state index contributed by atoms with van der Waals surface area (Å²) in [6, 6.07) is 8.54. The molecule has 0 radical (unpaired) electrons. The van der Waals surface area contributed by atoms with Crippen molar-refractivity contribution < 1.29 is 28.5 Å². The van der Waals surface area contributed by atoms with Gasteiger partial charge in [-0.05, 0) is 58.0 Å². The zero-order valence-electron chi connectivity index (χ0n) is 19.5. The van der Waals surface area contributed by atoms with Gasteiger partial charge in [0, 0.05) is 12.1 Å². The van der Waals surface area contributed by atoms with Crippen molar-refractivity contribution in [2.45, 2.75) is 34.2 Å². The average molecular weight is 473 g/mol. The highest BCUT2D eigenvalue weighted by atomic mass is 32.1. The van der Waals surface area contributed by atoms with Gasteiger partial charge in [0.2, 0.25) is 5.75 Å². The maximum absolute atomic E-state index is 13.2. The van der Waals surface area contributed by atoms with Crippen molar-refractivity contribution in [3.05, 3.63) is 46.3 Å². The number of carbonyl (C=O) groups excluding carboxylic acids is 2. The number of esters is 1. The Labute approximate surface area is 196 Å². The summed E-state index contributed by atoms with van der Waals surface area (Å²) >= 11 is 1.33. The van der Waals surface area contributed by atoms with Gasteiger partial charge in [-0.2, -0.15) is 4.99 Å². The van der Waals surface area contributed by atoms with Gasteiger partial charge in [0.15, 0.2) is 16.3 Å². The summed E-state index contributed by atoms with van der Waals surface area (Å²) in [7, 11) is 1.34. The topological polar surface area (TPSA) is 88.3 Å². The Kier molecular flexibility index (Phi) is 8.11. The fourth-order valence-corrected chi connectivity index (χ4v) is 4.50. The Hall–Kier alpha value is -3.33. The van der Waals surface area contributed by atoms with Crippen LogP contribution in [0.3, 0.4) is 0 Å². The highest BCUT2D eigenvalue weighted by Gasteiger charge is 2.19. The molecule has 8 nitrogen and oxygen atoms in total. The number of rotatable bonds is 9. The van der Waals surface area contributed by atoms with Crippen LogP contribution in [0.5, 0.6) is 17.2 Å². The molecular weight excluding hydrogens is 444 g/mol. The van der Waals surface area contributed by atoms with Gasteiger partial charge in [0.1, 0.15) is 0 Å². The number of amides is 1. The van der Waals surface area contributed by atoms with E-state index in [9.17, 15) is 9.59 Å². The van der Waals surface area contributed by atoms with E-state index in [0.29, 0.717) is 59.5 Å². The zero-order chi connectivity index (χ0) is 24.0. The quantitative estimate of drug-likeness (QED) is 0.428. The number of methoxy groups -OCH3 is 1. The maximum atomic E-state index is 13.2. The van der Waals surface area contributed by atoms with Crippen LogP contribution in [-0.4, -0.2) is 43.4 Å². The van der Waals surface area contributed by atoms with E-state index in [0.717, 1.165) is 10.2 Å². The third kappa shape index (κ3) is 5.19. The van der Waals surface area contributed by atoms with Gasteiger partial charge < -0.3 is 23.5 Å². The highest BCUT2D eigenvalue weighted by molar-refractivity contribution is 7.16. The van der Waals surface area contributed by atoms with E-state index < -0.39 is 11.9 Å². The van der Waals surface area contributed by atoms with Crippen LogP contribution in [0, 0.1) is 0 Å². The minimum atomic E-state index is -0.429. The van der Waals surface area contributed by atoms with Gasteiger partial charge in [-0.15, -0.1) is 0 Å². The molecule has 0 saturated carbocycles. The Morgan fingerprint density at radius 1 is 0.909 bits per heavy atom. The Bertz CT molecular complexity index is 1200. The van der Waals surface area contributed by atoms with Gasteiger partial charge in [-0.25, -0.2) is 4.79 Å². The fraction of sp³-hybridized carbons (Fsp3) is 0.375. The van der Waals surface area contributed by atoms with Crippen molar-refractivity contribution in [3.63, 3.8) is 0 Å². The van der Waals surface area contributed by atoms with E-state index >= 15 is 0 Å². The van der Waals surface area contributed by atoms with Crippen LogP contribution in [0.25, 0.3) is 10.2 Å². The van der Waals surface area contributed by atoms with Crippen LogP contribution in [-0.2, 0) is 11.3 Å². The molecule has 0 N–H and O–H groups in total. The molecular formula is C24H28N2O6S. The summed E-state index contributed by atoms with van der Waals surface area (Å²) in [6.45, 7) is 9.44. The minimum absolute atomic E-state index is 0.334. The van der Waals surface area contributed by atoms with Crippen LogP contribution < -0.4 is 19.0 Å². The van der Waals surface area contributed by atoms with Crippen molar-refractivity contribution in [2.75, 3.05) is 26.9 Å². The zero-order valence-corrected chi connectivity index (χ0v) is 20.3. The second-order valence-electron chi connectivity index (χ2n) is 6.82. The lowest BCUT2D eigenvalue weighted by Crippen LogP contribution is -2.16. The molecule has 1 heterocycles. The van der Waals surface area contributed by atoms with E-state index in [1.807, 2.05) is 38.3 Å². The Morgan fingerprint density at radius 2 is 1.55 bits per heavy atom. The summed E-state index contributed by atoms with van der Waals surface area (Å²) in [5.74, 6) is 0.502. The molecule has 2 aromatic carbocycles. The van der Waals surface area contributed by atoms with Crippen molar-refractivity contribution in [1.29, 1.82) is 0 Å². The summed E-state index contributed by atoms with van der Waals surface area (Å²) in [5, 5.41) is 0. The van der Waals surface area contributed by atoms with Crippen LogP contribution in [0.4, 0.5) is 0 Å². The number of carbonyl (C=O) groups is 2. The number of nitrogens with zero attached hydrogens (tertiary/aromatic N) is 2. The van der Waals surface area contributed by atoms with E-state index in [-0.39, 0.29) is 0 Å². The first-order valence-electron chi connectivity index (χ1n) is 10.8. The predicted molar refractivity (Wildman–Crippen MR) is 127 cm³/mol. The molecule has 0 aliphatic heterocycles. The average Bonchev–Trinajstić information content (AvgIpc) is 3.16. The first-order valence-corrected chi connectivity index (χ1v) is 11.7. The fourth-order valence-electron chi connectivity index (χ4n) is 3.37. The molecule has 0 fully saturated rings. The van der Waals surface area contributed by atoms with Crippen LogP contribution in [0.15, 0.2) is 35.3 Å². The molecule has 0 aliphatic rings. The van der Waals surface area contributed by atoms with Crippen molar-refractivity contribution in [2.24, 2.45) is 4.99 Å². The predicted octanol–water partition coefficient (Wildman–Crippen LogP) is 4.45. The smallest absolute Gasteiger partial charge is 0.337 e. The number of aromatic nitrogens is 1. The van der Waals surface area contributed by atoms with Gasteiger partial charge in [0.05, 0.1) is 42.7 Å². The first kappa shape index (κ1) is 24.3. The van der Waals surface area contributed by atoms with Crippen molar-refractivity contribution >= 4 is 33.4 Å². The van der Waals surface area contributed by atoms with Crippen LogP contribution in [0.2, 0.25) is 0 Å². The number of thiazole rings is 1. The number of aryl methyl sites for hydroxylation is 1. The number of hydrogen-bond acceptors (Lipinski definition) is 7. The van der Waals surface area contributed by atoms with E-state index in [2.05, 4.69) is 4.99 Å². The molecule has 0 bridgehead atoms. The van der Waals surface area contributed by atoms with Gasteiger partial charge in [0.25, 0.3) is 5.91 Å². The summed E-state index contributed by atoms with van der Waals surface area (Å²) in [5.41, 5.74) is 1.67. The molecule has 3 aromatic rings. The second-order valence-corrected chi connectivity index (χ2v) is 7.83. The first-order chi connectivity index (χ1) is 16.0. The number of fused-ring (bicyclic) bond motifs is 1. The largest absolute Gasteiger partial charge is 0.490 e. The molecule has 176 valence electrons. The van der Waals surface area contributed by atoms with Gasteiger partial charge in [-0.3, -0.25) is 4.79 Å². The number of hydrogen-bond donors (Lipinski definition) is 0. The van der Waals surface area contributed by atoms with Crippen molar-refractivity contribution in [3.8, 4) is 17.2 Å². The third-order valence-corrected chi connectivity index (χ3v) is 5.81. The lowest BCUT2D eigenvalue weighted by molar-refractivity contribution is 0.0600. The van der Waals surface area contributed by atoms with E-state index in [4.69, 9.17) is 18.9 Å². The number of benzene rings is 2. The van der Waals surface area contributed by atoms with Crippen molar-refractivity contribution in [1.82, 2.24) is 4.57 Å². The molecule has 33 heavy (non-hydrogen) atoms. The Morgan fingerprint density at radius 3 is 2.09 bits per heavy atom. The normalized spacial score (nSPS) is 11.5. The van der Waals surface area contributed by atoms with E-state index in [1.54, 1.807) is 24.3 Å². The molecule has 0 atom stereocenters. The number of ether oxygens (including phenoxy) is 4. The minimum Gasteiger partial charge on any atom is -0.490 e. The monoisotopic (exact) mass is 472 g/mol. The molecule has 9 heteroatoms. The molecule has 0 unspecified atom stereocenters. The van der Waals surface area contributed by atoms with E-state index in [1.165, 1.54) is 18.4 Å². The summed E-state index contributed by atoms with van der Waals surface area (Å²) in [4.78, 5) is 30.0. The highest BCUT2D eigenvalue weighted by Crippen LogP contribution is 2.39. The molecule has 1 aromatic heterocycles. The Balaban J connectivity index is 2.11. The SMILES string of the molecule is CCOc1cc(C(=O)N=c2sc3cc(C(=O)OC)ccc3n2CC)cc(OCC)c1OCC. The lowest BCUT2D eigenvalue weighted by atomic mass is 10.1. The molecule has 0 aliphatic carbocycles. The van der Waals surface area contributed by atoms with Crippen LogP contribution in [0.1, 0.15) is 48.4 Å². The molecule has 0 saturated heterocycles. The van der Waals surface area contributed by atoms with Crippen LogP contribution >= 0.6 is 11.3 Å². The molecule has 1 amide bonds. The molecule has 0 spiro atoms. The maximum Gasteiger partial charge on any atom is 0.337 e.